The fourth-order valence-electron chi connectivity index (χ4n) is 1.97. The van der Waals surface area contributed by atoms with Gasteiger partial charge in [0, 0.05) is 17.5 Å². The molecule has 0 radical (unpaired) electrons. The van der Waals surface area contributed by atoms with E-state index in [0.29, 0.717) is 0 Å². The Hall–Kier alpha value is -0.970. The second kappa shape index (κ2) is 7.07. The Labute approximate surface area is 138 Å². The highest BCUT2D eigenvalue weighted by molar-refractivity contribution is 9.09. The molecule has 0 amide bonds. The van der Waals surface area contributed by atoms with Gasteiger partial charge < -0.3 is 24.8 Å². The molecule has 1 aromatic carbocycles. The van der Waals surface area contributed by atoms with Crippen molar-refractivity contribution in [3.05, 3.63) is 33.3 Å². The minimum absolute atomic E-state index is 0.0407. The number of aliphatic hydroxyl groups excluding tert-OH is 3. The summed E-state index contributed by atoms with van der Waals surface area (Å²) in [4.78, 5) is 10.0. The predicted molar refractivity (Wildman–Crippen MR) is 79.2 cm³/mol. The summed E-state index contributed by atoms with van der Waals surface area (Å²) < 4.78 is 10.7. The van der Waals surface area contributed by atoms with Crippen LogP contribution in [0.4, 0.5) is 5.69 Å². The number of ether oxygens (including phenoxy) is 2. The molecular formula is C12H13BrClNO7. The number of benzene rings is 1. The first-order chi connectivity index (χ1) is 10.3. The fraction of sp³-hybridized carbons (Fsp3) is 0.500. The first-order valence-electron chi connectivity index (χ1n) is 6.21. The summed E-state index contributed by atoms with van der Waals surface area (Å²) >= 11 is 9.01. The molecule has 1 aliphatic rings. The van der Waals surface area contributed by atoms with Crippen LogP contribution in [0.2, 0.25) is 5.02 Å². The van der Waals surface area contributed by atoms with Crippen molar-refractivity contribution < 1.29 is 29.7 Å². The third kappa shape index (κ3) is 3.50. The van der Waals surface area contributed by atoms with E-state index in [1.165, 1.54) is 12.1 Å². The largest absolute Gasteiger partial charge is 0.460 e. The van der Waals surface area contributed by atoms with Crippen LogP contribution in [-0.2, 0) is 4.74 Å². The van der Waals surface area contributed by atoms with Crippen molar-refractivity contribution in [3.63, 3.8) is 0 Å². The van der Waals surface area contributed by atoms with Gasteiger partial charge in [0.2, 0.25) is 6.29 Å². The van der Waals surface area contributed by atoms with E-state index in [4.69, 9.17) is 21.1 Å². The van der Waals surface area contributed by atoms with Gasteiger partial charge in [0.1, 0.15) is 30.2 Å². The molecule has 1 heterocycles. The van der Waals surface area contributed by atoms with Crippen LogP contribution in [0.5, 0.6) is 5.75 Å². The molecular weight excluding hydrogens is 385 g/mol. The maximum Gasteiger partial charge on any atom is 0.271 e. The van der Waals surface area contributed by atoms with Crippen molar-refractivity contribution >= 4 is 33.2 Å². The number of nitro benzene ring substituents is 1. The summed E-state index contributed by atoms with van der Waals surface area (Å²) in [7, 11) is 0. The van der Waals surface area contributed by atoms with Crippen LogP contribution < -0.4 is 4.74 Å². The average molecular weight is 399 g/mol. The molecule has 0 unspecified atom stereocenters. The molecule has 0 spiro atoms. The Morgan fingerprint density at radius 3 is 2.55 bits per heavy atom. The topological polar surface area (TPSA) is 122 Å². The minimum atomic E-state index is -1.50. The van der Waals surface area contributed by atoms with Gasteiger partial charge in [-0.05, 0) is 6.07 Å². The van der Waals surface area contributed by atoms with Crippen molar-refractivity contribution in [2.45, 2.75) is 30.7 Å². The highest BCUT2D eigenvalue weighted by atomic mass is 79.9. The number of nitro groups is 1. The van der Waals surface area contributed by atoms with Gasteiger partial charge >= 0.3 is 0 Å². The quantitative estimate of drug-likeness (QED) is 0.390. The van der Waals surface area contributed by atoms with E-state index in [9.17, 15) is 25.4 Å². The lowest BCUT2D eigenvalue weighted by atomic mass is 10.00. The van der Waals surface area contributed by atoms with Gasteiger partial charge in [0.15, 0.2) is 0 Å². The Balaban J connectivity index is 2.17. The zero-order chi connectivity index (χ0) is 16.4. The van der Waals surface area contributed by atoms with E-state index < -0.39 is 35.6 Å². The third-order valence-electron chi connectivity index (χ3n) is 3.19. The van der Waals surface area contributed by atoms with Crippen molar-refractivity contribution in [2.24, 2.45) is 0 Å². The summed E-state index contributed by atoms with van der Waals surface area (Å²) in [6.45, 7) is 0. The molecule has 1 aromatic rings. The molecule has 22 heavy (non-hydrogen) atoms. The number of halogens is 2. The smallest absolute Gasteiger partial charge is 0.271 e. The van der Waals surface area contributed by atoms with Crippen LogP contribution in [0.15, 0.2) is 18.2 Å². The van der Waals surface area contributed by atoms with Gasteiger partial charge in [0.25, 0.3) is 5.69 Å². The Bertz CT molecular complexity index is 558. The second-order valence-electron chi connectivity index (χ2n) is 4.66. The predicted octanol–water partition coefficient (Wildman–Crippen LogP) is 0.829. The Morgan fingerprint density at radius 1 is 1.32 bits per heavy atom. The van der Waals surface area contributed by atoms with Crippen molar-refractivity contribution in [3.8, 4) is 5.75 Å². The lowest BCUT2D eigenvalue weighted by Gasteiger charge is -2.39. The summed E-state index contributed by atoms with van der Waals surface area (Å²) in [5.41, 5.74) is -0.212. The SMILES string of the molecule is O=[N+]([O-])c1ccc(O[C@@H]2O[C@H](CBr)[C@@H](O)[C@H](O)[C@H]2O)c(Cl)c1. The summed E-state index contributed by atoms with van der Waals surface area (Å²) in [6.07, 6.45) is -6.31. The van der Waals surface area contributed by atoms with Gasteiger partial charge in [-0.25, -0.2) is 0 Å². The van der Waals surface area contributed by atoms with Crippen molar-refractivity contribution in [2.75, 3.05) is 5.33 Å². The lowest BCUT2D eigenvalue weighted by Crippen LogP contribution is -2.59. The highest BCUT2D eigenvalue weighted by Crippen LogP contribution is 2.32. The number of rotatable bonds is 4. The van der Waals surface area contributed by atoms with E-state index in [2.05, 4.69) is 15.9 Å². The van der Waals surface area contributed by atoms with Crippen LogP contribution in [0.25, 0.3) is 0 Å². The third-order valence-corrected chi connectivity index (χ3v) is 4.12. The molecule has 8 nitrogen and oxygen atoms in total. The monoisotopic (exact) mass is 397 g/mol. The van der Waals surface area contributed by atoms with Gasteiger partial charge in [-0.1, -0.05) is 27.5 Å². The molecule has 5 atom stereocenters. The summed E-state index contributed by atoms with van der Waals surface area (Å²) in [5.74, 6) is 0.0493. The number of hydrogen-bond donors (Lipinski definition) is 3. The van der Waals surface area contributed by atoms with Crippen LogP contribution in [0, 0.1) is 10.1 Å². The molecule has 0 aliphatic carbocycles. The fourth-order valence-corrected chi connectivity index (χ4v) is 2.72. The van der Waals surface area contributed by atoms with E-state index in [1.54, 1.807) is 0 Å². The highest BCUT2D eigenvalue weighted by Gasteiger charge is 2.44. The average Bonchev–Trinajstić information content (AvgIpc) is 2.49. The van der Waals surface area contributed by atoms with Gasteiger partial charge in [-0.15, -0.1) is 0 Å². The molecule has 0 aromatic heterocycles. The van der Waals surface area contributed by atoms with E-state index in [-0.39, 0.29) is 21.8 Å². The maximum atomic E-state index is 10.6. The normalized spacial score (nSPS) is 31.8. The second-order valence-corrected chi connectivity index (χ2v) is 5.71. The first kappa shape index (κ1) is 17.4. The van der Waals surface area contributed by atoms with Crippen LogP contribution in [0.1, 0.15) is 0 Å². The van der Waals surface area contributed by atoms with E-state index >= 15 is 0 Å². The number of nitrogens with zero attached hydrogens (tertiary/aromatic N) is 1. The van der Waals surface area contributed by atoms with Gasteiger partial charge in [-0.3, -0.25) is 10.1 Å². The molecule has 1 aliphatic heterocycles. The van der Waals surface area contributed by atoms with Crippen molar-refractivity contribution in [1.82, 2.24) is 0 Å². The molecule has 0 saturated carbocycles. The molecule has 3 N–H and O–H groups in total. The summed E-state index contributed by atoms with van der Waals surface area (Å²) in [6, 6.07) is 3.54. The van der Waals surface area contributed by atoms with Crippen molar-refractivity contribution in [1.29, 1.82) is 0 Å². The zero-order valence-corrected chi connectivity index (χ0v) is 13.3. The van der Waals surface area contributed by atoms with Crippen LogP contribution in [-0.4, -0.2) is 56.3 Å². The zero-order valence-electron chi connectivity index (χ0n) is 11.0. The van der Waals surface area contributed by atoms with E-state index in [1.807, 2.05) is 0 Å². The lowest BCUT2D eigenvalue weighted by molar-refractivity contribution is -0.384. The van der Waals surface area contributed by atoms with Gasteiger partial charge in [0.05, 0.1) is 9.95 Å². The first-order valence-corrected chi connectivity index (χ1v) is 7.71. The Morgan fingerprint density at radius 2 is 2.00 bits per heavy atom. The molecule has 10 heteroatoms. The molecule has 0 bridgehead atoms. The number of aliphatic hydroxyl groups is 3. The molecule has 2 rings (SSSR count). The number of hydrogen-bond acceptors (Lipinski definition) is 7. The minimum Gasteiger partial charge on any atom is -0.460 e. The number of alkyl halides is 1. The van der Waals surface area contributed by atoms with Crippen LogP contribution in [0.3, 0.4) is 0 Å². The Kier molecular flexibility index (Phi) is 5.59. The molecule has 122 valence electrons. The van der Waals surface area contributed by atoms with E-state index in [0.717, 1.165) is 6.07 Å². The summed E-state index contributed by atoms with van der Waals surface area (Å²) in [5, 5.41) is 40.2. The molecule has 1 saturated heterocycles. The standard InChI is InChI=1S/C12H13BrClNO7/c13-4-8-9(16)10(17)11(18)12(22-8)21-7-2-1-5(15(19)20)3-6(7)14/h1-3,8-12,16-18H,4H2/t8-,9-,10+,11-,12-/m1/s1. The molecule has 1 fully saturated rings. The van der Waals surface area contributed by atoms with Crippen LogP contribution >= 0.6 is 27.5 Å². The maximum absolute atomic E-state index is 10.6. The van der Waals surface area contributed by atoms with Gasteiger partial charge in [-0.2, -0.15) is 0 Å². The number of non-ortho nitro benzene ring substituents is 1.